The second kappa shape index (κ2) is 5.98. The molecule has 2 rings (SSSR count). The average Bonchev–Trinajstić information content (AvgIpc) is 2.46. The summed E-state index contributed by atoms with van der Waals surface area (Å²) in [5, 5.41) is 0.753. The minimum absolute atomic E-state index is 0.275. The van der Waals surface area contributed by atoms with Crippen LogP contribution in [0.3, 0.4) is 0 Å². The first kappa shape index (κ1) is 13.8. The van der Waals surface area contributed by atoms with E-state index in [-0.39, 0.29) is 5.92 Å². The molecule has 2 aromatic carbocycles. The Labute approximate surface area is 118 Å². The van der Waals surface area contributed by atoms with Crippen LogP contribution in [0.15, 0.2) is 42.5 Å². The highest BCUT2D eigenvalue weighted by molar-refractivity contribution is 6.30. The summed E-state index contributed by atoms with van der Waals surface area (Å²) >= 11 is 5.91. The van der Waals surface area contributed by atoms with E-state index in [9.17, 15) is 0 Å². The van der Waals surface area contributed by atoms with E-state index < -0.39 is 0 Å². The Morgan fingerprint density at radius 3 is 2.00 bits per heavy atom. The maximum absolute atomic E-state index is 5.91. The molecule has 0 aromatic heterocycles. The van der Waals surface area contributed by atoms with Crippen molar-refractivity contribution in [3.8, 4) is 11.5 Å². The minimum atomic E-state index is 0.275. The van der Waals surface area contributed by atoms with Crippen molar-refractivity contribution < 1.29 is 9.47 Å². The molecule has 0 fully saturated rings. The second-order valence-electron chi connectivity index (χ2n) is 4.39. The van der Waals surface area contributed by atoms with Gasteiger partial charge in [-0.2, -0.15) is 0 Å². The van der Waals surface area contributed by atoms with Gasteiger partial charge in [0.2, 0.25) is 0 Å². The van der Waals surface area contributed by atoms with Gasteiger partial charge in [0.25, 0.3) is 0 Å². The molecular formula is C16H17ClO2. The zero-order valence-corrected chi connectivity index (χ0v) is 12.1. The van der Waals surface area contributed by atoms with E-state index in [0.717, 1.165) is 16.5 Å². The Hall–Kier alpha value is -1.67. The third-order valence-corrected chi connectivity index (χ3v) is 3.53. The van der Waals surface area contributed by atoms with Crippen LogP contribution in [0, 0.1) is 0 Å². The largest absolute Gasteiger partial charge is 0.493 e. The van der Waals surface area contributed by atoms with Gasteiger partial charge in [-0.25, -0.2) is 0 Å². The molecule has 0 bridgehead atoms. The number of hydrogen-bond donors (Lipinski definition) is 0. The first-order chi connectivity index (χ1) is 9.15. The predicted molar refractivity (Wildman–Crippen MR) is 78.5 cm³/mol. The van der Waals surface area contributed by atoms with Crippen LogP contribution in [0.5, 0.6) is 11.5 Å². The summed E-state index contributed by atoms with van der Waals surface area (Å²) in [4.78, 5) is 0. The highest BCUT2D eigenvalue weighted by atomic mass is 35.5. The molecule has 0 N–H and O–H groups in total. The van der Waals surface area contributed by atoms with Crippen molar-refractivity contribution in [2.45, 2.75) is 12.8 Å². The fourth-order valence-corrected chi connectivity index (χ4v) is 2.19. The van der Waals surface area contributed by atoms with E-state index in [1.165, 1.54) is 11.1 Å². The lowest BCUT2D eigenvalue weighted by atomic mass is 9.93. The average molecular weight is 277 g/mol. The quantitative estimate of drug-likeness (QED) is 0.818. The van der Waals surface area contributed by atoms with Gasteiger partial charge in [-0.1, -0.05) is 36.7 Å². The van der Waals surface area contributed by atoms with Gasteiger partial charge < -0.3 is 9.47 Å². The first-order valence-corrected chi connectivity index (χ1v) is 6.51. The van der Waals surface area contributed by atoms with Crippen molar-refractivity contribution in [3.63, 3.8) is 0 Å². The molecule has 100 valence electrons. The van der Waals surface area contributed by atoms with Gasteiger partial charge in [-0.05, 0) is 35.4 Å². The molecule has 2 nitrogen and oxygen atoms in total. The number of benzene rings is 2. The lowest BCUT2D eigenvalue weighted by molar-refractivity contribution is 0.354. The first-order valence-electron chi connectivity index (χ1n) is 6.13. The van der Waals surface area contributed by atoms with Gasteiger partial charge in [0, 0.05) is 10.9 Å². The summed E-state index contributed by atoms with van der Waals surface area (Å²) in [6.45, 7) is 2.16. The molecule has 0 saturated heterocycles. The van der Waals surface area contributed by atoms with Crippen molar-refractivity contribution in [1.29, 1.82) is 0 Å². The molecule has 2 aromatic rings. The van der Waals surface area contributed by atoms with E-state index in [4.69, 9.17) is 21.1 Å². The monoisotopic (exact) mass is 276 g/mol. The van der Waals surface area contributed by atoms with Crippen molar-refractivity contribution in [2.75, 3.05) is 14.2 Å². The lowest BCUT2D eigenvalue weighted by Crippen LogP contribution is -1.98. The Kier molecular flexibility index (Phi) is 4.33. The smallest absolute Gasteiger partial charge is 0.161 e. The maximum atomic E-state index is 5.91. The molecule has 0 heterocycles. The molecule has 0 aliphatic rings. The van der Waals surface area contributed by atoms with E-state index >= 15 is 0 Å². The van der Waals surface area contributed by atoms with Crippen molar-refractivity contribution in [3.05, 3.63) is 58.6 Å². The van der Waals surface area contributed by atoms with Crippen molar-refractivity contribution >= 4 is 11.6 Å². The Morgan fingerprint density at radius 2 is 1.42 bits per heavy atom. The van der Waals surface area contributed by atoms with Crippen molar-refractivity contribution in [1.82, 2.24) is 0 Å². The molecule has 1 unspecified atom stereocenters. The summed E-state index contributed by atoms with van der Waals surface area (Å²) in [6.07, 6.45) is 0. The summed E-state index contributed by atoms with van der Waals surface area (Å²) in [6, 6.07) is 13.9. The lowest BCUT2D eigenvalue weighted by Gasteiger charge is -2.15. The molecule has 1 atom stereocenters. The zero-order valence-electron chi connectivity index (χ0n) is 11.3. The molecule has 0 radical (unpaired) electrons. The van der Waals surface area contributed by atoms with Gasteiger partial charge in [-0.15, -0.1) is 0 Å². The normalized spacial score (nSPS) is 12.0. The molecule has 0 amide bonds. The van der Waals surface area contributed by atoms with Gasteiger partial charge >= 0.3 is 0 Å². The molecule has 0 aliphatic carbocycles. The van der Waals surface area contributed by atoms with E-state index in [0.29, 0.717) is 0 Å². The van der Waals surface area contributed by atoms with Crippen molar-refractivity contribution in [2.24, 2.45) is 0 Å². The topological polar surface area (TPSA) is 18.5 Å². The summed E-state index contributed by atoms with van der Waals surface area (Å²) in [5.41, 5.74) is 2.40. The summed E-state index contributed by atoms with van der Waals surface area (Å²) < 4.78 is 10.6. The standard InChI is InChI=1S/C16H17ClO2/c1-11(12-4-7-14(17)8-5-12)13-6-9-15(18-2)16(10-13)19-3/h4-11H,1-3H3. The SMILES string of the molecule is COc1ccc(C(C)c2ccc(Cl)cc2)cc1OC. The van der Waals surface area contributed by atoms with Crippen LogP contribution in [-0.4, -0.2) is 14.2 Å². The fourth-order valence-electron chi connectivity index (χ4n) is 2.07. The number of methoxy groups -OCH3 is 2. The fraction of sp³-hybridized carbons (Fsp3) is 0.250. The van der Waals surface area contributed by atoms with Crippen LogP contribution in [0.4, 0.5) is 0 Å². The molecule has 0 spiro atoms. The van der Waals surface area contributed by atoms with Crippen LogP contribution in [0.1, 0.15) is 24.0 Å². The van der Waals surface area contributed by atoms with E-state index in [1.54, 1.807) is 14.2 Å². The Bertz CT molecular complexity index is 549. The third kappa shape index (κ3) is 3.02. The van der Waals surface area contributed by atoms with E-state index in [1.807, 2.05) is 36.4 Å². The Balaban J connectivity index is 2.33. The van der Waals surface area contributed by atoms with E-state index in [2.05, 4.69) is 13.0 Å². The van der Waals surface area contributed by atoms with Gasteiger partial charge in [-0.3, -0.25) is 0 Å². The molecule has 0 saturated carbocycles. The zero-order chi connectivity index (χ0) is 13.8. The molecular weight excluding hydrogens is 260 g/mol. The van der Waals surface area contributed by atoms with Crippen LogP contribution in [-0.2, 0) is 0 Å². The number of halogens is 1. The van der Waals surface area contributed by atoms with Gasteiger partial charge in [0.05, 0.1) is 14.2 Å². The summed E-state index contributed by atoms with van der Waals surface area (Å²) in [5.74, 6) is 1.77. The van der Waals surface area contributed by atoms with Crippen LogP contribution >= 0.6 is 11.6 Å². The Morgan fingerprint density at radius 1 is 0.842 bits per heavy atom. The highest BCUT2D eigenvalue weighted by Gasteiger charge is 2.12. The van der Waals surface area contributed by atoms with Gasteiger partial charge in [0.15, 0.2) is 11.5 Å². The minimum Gasteiger partial charge on any atom is -0.493 e. The van der Waals surface area contributed by atoms with Crippen LogP contribution in [0.25, 0.3) is 0 Å². The number of rotatable bonds is 4. The van der Waals surface area contributed by atoms with Gasteiger partial charge in [0.1, 0.15) is 0 Å². The molecule has 0 aliphatic heterocycles. The van der Waals surface area contributed by atoms with Crippen LogP contribution in [0.2, 0.25) is 5.02 Å². The second-order valence-corrected chi connectivity index (χ2v) is 4.82. The van der Waals surface area contributed by atoms with Crippen LogP contribution < -0.4 is 9.47 Å². The summed E-state index contributed by atoms with van der Waals surface area (Å²) in [7, 11) is 3.29. The highest BCUT2D eigenvalue weighted by Crippen LogP contribution is 2.33. The molecule has 3 heteroatoms. The number of ether oxygens (including phenoxy) is 2. The number of hydrogen-bond acceptors (Lipinski definition) is 2. The predicted octanol–water partition coefficient (Wildman–Crippen LogP) is 4.51. The maximum Gasteiger partial charge on any atom is 0.161 e. The third-order valence-electron chi connectivity index (χ3n) is 3.28. The molecule has 19 heavy (non-hydrogen) atoms.